The van der Waals surface area contributed by atoms with Gasteiger partial charge in [-0.05, 0) is 32.4 Å². The molecule has 0 spiro atoms. The van der Waals surface area contributed by atoms with E-state index in [1.165, 1.54) is 17.5 Å². The molecule has 0 radical (unpaired) electrons. The van der Waals surface area contributed by atoms with Gasteiger partial charge in [-0.25, -0.2) is 4.68 Å². The molecule has 0 saturated carbocycles. The Kier molecular flexibility index (Phi) is 5.39. The summed E-state index contributed by atoms with van der Waals surface area (Å²) >= 11 is 6.05. The molecule has 2 rings (SSSR count). The summed E-state index contributed by atoms with van der Waals surface area (Å²) < 4.78 is 1.17. The lowest BCUT2D eigenvalue weighted by Gasteiger charge is -2.30. The third-order valence-electron chi connectivity index (χ3n) is 3.60. The number of nitrogens with one attached hydrogen (secondary N) is 1. The maximum absolute atomic E-state index is 11.9. The summed E-state index contributed by atoms with van der Waals surface area (Å²) in [5.41, 5.74) is 0.200. The predicted octanol–water partition coefficient (Wildman–Crippen LogP) is 0.643. The molecule has 7 heteroatoms. The summed E-state index contributed by atoms with van der Waals surface area (Å²) in [6.45, 7) is 3.02. The summed E-state index contributed by atoms with van der Waals surface area (Å²) in [7, 11) is 2.12. The van der Waals surface area contributed by atoms with Crippen molar-refractivity contribution in [2.75, 3.05) is 38.6 Å². The van der Waals surface area contributed by atoms with Gasteiger partial charge in [0.05, 0.1) is 25.0 Å². The van der Waals surface area contributed by atoms with E-state index >= 15 is 0 Å². The van der Waals surface area contributed by atoms with E-state index in [2.05, 4.69) is 22.4 Å². The number of halogens is 1. The molecule has 0 amide bonds. The van der Waals surface area contributed by atoms with E-state index in [0.717, 1.165) is 19.6 Å². The molecule has 0 aliphatic carbocycles. The van der Waals surface area contributed by atoms with E-state index < -0.39 is 0 Å². The first-order valence-electron chi connectivity index (χ1n) is 6.90. The van der Waals surface area contributed by atoms with Crippen molar-refractivity contribution in [3.8, 4) is 0 Å². The molecular formula is C13H21ClN4O2. The number of rotatable bonds is 5. The summed E-state index contributed by atoms with van der Waals surface area (Å²) in [6, 6.07) is 0. The zero-order chi connectivity index (χ0) is 14.5. The van der Waals surface area contributed by atoms with Gasteiger partial charge in [0, 0.05) is 13.1 Å². The SMILES string of the molecule is CN1CCCC(CNc2cnn(CCO)c(=O)c2Cl)C1. The molecule has 1 atom stereocenters. The first kappa shape index (κ1) is 15.3. The summed E-state index contributed by atoms with van der Waals surface area (Å²) in [5, 5.41) is 16.2. The Hall–Kier alpha value is -1.11. The van der Waals surface area contributed by atoms with Gasteiger partial charge < -0.3 is 15.3 Å². The largest absolute Gasteiger partial charge is 0.394 e. The van der Waals surface area contributed by atoms with Crippen LogP contribution in [0.1, 0.15) is 12.8 Å². The first-order valence-corrected chi connectivity index (χ1v) is 7.28. The Labute approximate surface area is 123 Å². The average molecular weight is 301 g/mol. The van der Waals surface area contributed by atoms with Crippen LogP contribution in [0.25, 0.3) is 0 Å². The summed E-state index contributed by atoms with van der Waals surface area (Å²) in [4.78, 5) is 14.2. The number of anilines is 1. The minimum Gasteiger partial charge on any atom is -0.394 e. The van der Waals surface area contributed by atoms with Crippen LogP contribution in [0.4, 0.5) is 5.69 Å². The second kappa shape index (κ2) is 7.06. The fourth-order valence-corrected chi connectivity index (χ4v) is 2.75. The molecule has 112 valence electrons. The predicted molar refractivity (Wildman–Crippen MR) is 79.3 cm³/mol. The Morgan fingerprint density at radius 1 is 1.60 bits per heavy atom. The smallest absolute Gasteiger partial charge is 0.287 e. The van der Waals surface area contributed by atoms with Gasteiger partial charge in [-0.1, -0.05) is 11.6 Å². The highest BCUT2D eigenvalue weighted by atomic mass is 35.5. The maximum Gasteiger partial charge on any atom is 0.287 e. The first-order chi connectivity index (χ1) is 9.61. The number of aliphatic hydroxyl groups is 1. The van der Waals surface area contributed by atoms with Crippen molar-refractivity contribution in [1.29, 1.82) is 0 Å². The van der Waals surface area contributed by atoms with Crippen molar-refractivity contribution in [1.82, 2.24) is 14.7 Å². The molecule has 1 aliphatic rings. The van der Waals surface area contributed by atoms with Crippen LogP contribution in [-0.2, 0) is 6.54 Å². The summed E-state index contributed by atoms with van der Waals surface area (Å²) in [5.74, 6) is 0.560. The van der Waals surface area contributed by atoms with Gasteiger partial charge in [-0.15, -0.1) is 0 Å². The third-order valence-corrected chi connectivity index (χ3v) is 3.97. The van der Waals surface area contributed by atoms with Crippen LogP contribution in [0.3, 0.4) is 0 Å². The zero-order valence-electron chi connectivity index (χ0n) is 11.7. The second-order valence-corrected chi connectivity index (χ2v) is 5.65. The highest BCUT2D eigenvalue weighted by Gasteiger charge is 2.17. The molecular weight excluding hydrogens is 280 g/mol. The third kappa shape index (κ3) is 3.71. The van der Waals surface area contributed by atoms with Gasteiger partial charge in [0.2, 0.25) is 0 Å². The normalized spacial score (nSPS) is 20.1. The van der Waals surface area contributed by atoms with Gasteiger partial charge in [0.25, 0.3) is 5.56 Å². The fraction of sp³-hybridized carbons (Fsp3) is 0.692. The van der Waals surface area contributed by atoms with Crippen molar-refractivity contribution in [3.63, 3.8) is 0 Å². The Morgan fingerprint density at radius 3 is 3.10 bits per heavy atom. The van der Waals surface area contributed by atoms with Crippen molar-refractivity contribution in [2.24, 2.45) is 5.92 Å². The van der Waals surface area contributed by atoms with Gasteiger partial charge in [0.15, 0.2) is 0 Å². The lowest BCUT2D eigenvalue weighted by Crippen LogP contribution is -2.35. The monoisotopic (exact) mass is 300 g/mol. The quantitative estimate of drug-likeness (QED) is 0.835. The van der Waals surface area contributed by atoms with Gasteiger partial charge in [0.1, 0.15) is 5.02 Å². The number of aliphatic hydroxyl groups excluding tert-OH is 1. The molecule has 0 aromatic carbocycles. The molecule has 1 saturated heterocycles. The highest BCUT2D eigenvalue weighted by molar-refractivity contribution is 6.32. The standard InChI is InChI=1S/C13H21ClN4O2/c1-17-4-2-3-10(9-17)7-15-11-8-16-18(5-6-19)13(20)12(11)14/h8,10,15,19H,2-7,9H2,1H3. The Balaban J connectivity index is 1.99. The van der Waals surface area contributed by atoms with Crippen LogP contribution in [0, 0.1) is 5.92 Å². The van der Waals surface area contributed by atoms with Crippen molar-refractivity contribution in [3.05, 3.63) is 21.6 Å². The molecule has 1 aromatic rings. The summed E-state index contributed by atoms with van der Waals surface area (Å²) in [6.07, 6.45) is 3.93. The average Bonchev–Trinajstić information content (AvgIpc) is 2.43. The van der Waals surface area contributed by atoms with Gasteiger partial charge in [-0.3, -0.25) is 4.79 Å². The molecule has 2 heterocycles. The Morgan fingerprint density at radius 2 is 2.40 bits per heavy atom. The molecule has 1 fully saturated rings. The minimum atomic E-state index is -0.369. The molecule has 20 heavy (non-hydrogen) atoms. The topological polar surface area (TPSA) is 70.4 Å². The maximum atomic E-state index is 11.9. The number of piperidine rings is 1. The van der Waals surface area contributed by atoms with Gasteiger partial charge in [-0.2, -0.15) is 5.10 Å². The van der Waals surface area contributed by atoms with E-state index in [1.54, 1.807) is 6.20 Å². The van der Waals surface area contributed by atoms with Crippen LogP contribution in [0.5, 0.6) is 0 Å². The number of hydrogen-bond donors (Lipinski definition) is 2. The lowest BCUT2D eigenvalue weighted by atomic mass is 9.98. The van der Waals surface area contributed by atoms with Crippen LogP contribution in [0.15, 0.2) is 11.0 Å². The molecule has 6 nitrogen and oxygen atoms in total. The van der Waals surface area contributed by atoms with Crippen LogP contribution >= 0.6 is 11.6 Å². The number of nitrogens with zero attached hydrogens (tertiary/aromatic N) is 3. The zero-order valence-corrected chi connectivity index (χ0v) is 12.4. The molecule has 0 bridgehead atoms. The van der Waals surface area contributed by atoms with Crippen molar-refractivity contribution in [2.45, 2.75) is 19.4 Å². The van der Waals surface area contributed by atoms with Crippen LogP contribution in [-0.4, -0.2) is 53.1 Å². The van der Waals surface area contributed by atoms with E-state index in [1.807, 2.05) is 0 Å². The highest BCUT2D eigenvalue weighted by Crippen LogP contribution is 2.19. The van der Waals surface area contributed by atoms with Crippen LogP contribution < -0.4 is 10.9 Å². The number of aromatic nitrogens is 2. The molecule has 1 aliphatic heterocycles. The minimum absolute atomic E-state index is 0.135. The number of likely N-dealkylation sites (tertiary alicyclic amines) is 1. The second-order valence-electron chi connectivity index (χ2n) is 5.28. The molecule has 2 N–H and O–H groups in total. The molecule has 1 unspecified atom stereocenters. The fourth-order valence-electron chi connectivity index (χ4n) is 2.54. The van der Waals surface area contributed by atoms with E-state index in [-0.39, 0.29) is 23.7 Å². The Bertz CT molecular complexity index is 506. The van der Waals surface area contributed by atoms with Crippen LogP contribution in [0.2, 0.25) is 5.02 Å². The number of hydrogen-bond acceptors (Lipinski definition) is 5. The van der Waals surface area contributed by atoms with Crippen molar-refractivity contribution >= 4 is 17.3 Å². The lowest BCUT2D eigenvalue weighted by molar-refractivity contribution is 0.217. The van der Waals surface area contributed by atoms with E-state index in [0.29, 0.717) is 11.6 Å². The van der Waals surface area contributed by atoms with Gasteiger partial charge >= 0.3 is 0 Å². The van der Waals surface area contributed by atoms with E-state index in [4.69, 9.17) is 16.7 Å². The van der Waals surface area contributed by atoms with Crippen molar-refractivity contribution < 1.29 is 5.11 Å². The van der Waals surface area contributed by atoms with E-state index in [9.17, 15) is 4.79 Å². The molecule has 1 aromatic heterocycles.